The number of alkyl halides is 3. The Balaban J connectivity index is 2.13. The number of para-hydroxylation sites is 1. The molecule has 2 aromatic carbocycles. The van der Waals surface area contributed by atoms with E-state index in [1.54, 1.807) is 24.3 Å². The van der Waals surface area contributed by atoms with Crippen LogP contribution in [0, 0.1) is 0 Å². The summed E-state index contributed by atoms with van der Waals surface area (Å²) in [6, 6.07) is 9.20. The molecule has 24 heavy (non-hydrogen) atoms. The van der Waals surface area contributed by atoms with E-state index >= 15 is 0 Å². The second kappa shape index (κ2) is 7.32. The van der Waals surface area contributed by atoms with Gasteiger partial charge >= 0.3 is 6.18 Å². The standard InChI is InChI=1S/C16H12Cl2F3NO2/c1-9(24-14-5-3-2-4-12(14)18)15(23)22-13-8-10(16(19,20)21)6-7-11(13)17/h2-9H,1H3,(H,22,23). The molecule has 0 bridgehead atoms. The molecule has 0 aliphatic rings. The van der Waals surface area contributed by atoms with Gasteiger partial charge in [-0.25, -0.2) is 0 Å². The Morgan fingerprint density at radius 1 is 1.12 bits per heavy atom. The van der Waals surface area contributed by atoms with Gasteiger partial charge in [-0.3, -0.25) is 4.79 Å². The van der Waals surface area contributed by atoms with Gasteiger partial charge in [0.05, 0.1) is 21.3 Å². The predicted molar refractivity (Wildman–Crippen MR) is 86.6 cm³/mol. The van der Waals surface area contributed by atoms with Crippen LogP contribution in [0.3, 0.4) is 0 Å². The topological polar surface area (TPSA) is 38.3 Å². The molecule has 2 rings (SSSR count). The average Bonchev–Trinajstić information content (AvgIpc) is 2.50. The summed E-state index contributed by atoms with van der Waals surface area (Å²) in [5, 5.41) is 2.62. The van der Waals surface area contributed by atoms with E-state index in [9.17, 15) is 18.0 Å². The number of amides is 1. The van der Waals surface area contributed by atoms with Crippen molar-refractivity contribution in [2.45, 2.75) is 19.2 Å². The number of carbonyl (C=O) groups excluding carboxylic acids is 1. The van der Waals surface area contributed by atoms with Gasteiger partial charge in [0.1, 0.15) is 5.75 Å². The number of hydrogen-bond donors (Lipinski definition) is 1. The van der Waals surface area contributed by atoms with Crippen molar-refractivity contribution >= 4 is 34.8 Å². The third-order valence-electron chi connectivity index (χ3n) is 3.06. The molecule has 0 saturated heterocycles. The quantitative estimate of drug-likeness (QED) is 0.772. The molecule has 0 heterocycles. The van der Waals surface area contributed by atoms with Crippen LogP contribution in [0.15, 0.2) is 42.5 Å². The number of ether oxygens (including phenoxy) is 1. The number of benzene rings is 2. The molecular weight excluding hydrogens is 366 g/mol. The van der Waals surface area contributed by atoms with Gasteiger partial charge in [-0.1, -0.05) is 35.3 Å². The molecule has 3 nitrogen and oxygen atoms in total. The van der Waals surface area contributed by atoms with Gasteiger partial charge < -0.3 is 10.1 Å². The lowest BCUT2D eigenvalue weighted by molar-refractivity contribution is -0.137. The maximum Gasteiger partial charge on any atom is 0.416 e. The normalized spacial score (nSPS) is 12.6. The molecule has 0 fully saturated rings. The van der Waals surface area contributed by atoms with Gasteiger partial charge in [0.2, 0.25) is 0 Å². The van der Waals surface area contributed by atoms with E-state index in [-0.39, 0.29) is 16.5 Å². The lowest BCUT2D eigenvalue weighted by atomic mass is 10.2. The van der Waals surface area contributed by atoms with E-state index in [4.69, 9.17) is 27.9 Å². The van der Waals surface area contributed by atoms with E-state index < -0.39 is 23.8 Å². The van der Waals surface area contributed by atoms with Crippen molar-refractivity contribution in [1.29, 1.82) is 0 Å². The van der Waals surface area contributed by atoms with Crippen LogP contribution in [-0.4, -0.2) is 12.0 Å². The molecule has 128 valence electrons. The number of rotatable bonds is 4. The summed E-state index contributed by atoms with van der Waals surface area (Å²) in [6.45, 7) is 1.44. The second-order valence-electron chi connectivity index (χ2n) is 4.87. The molecular formula is C16H12Cl2F3NO2. The third kappa shape index (κ3) is 4.55. The molecule has 0 aromatic heterocycles. The van der Waals surface area contributed by atoms with Crippen LogP contribution in [0.5, 0.6) is 5.75 Å². The molecule has 2 aromatic rings. The SMILES string of the molecule is CC(Oc1ccccc1Cl)C(=O)Nc1cc(C(F)(F)F)ccc1Cl. The predicted octanol–water partition coefficient (Wildman–Crippen LogP) is 5.42. The fourth-order valence-corrected chi connectivity index (χ4v) is 2.16. The zero-order valence-electron chi connectivity index (χ0n) is 12.3. The Morgan fingerprint density at radius 3 is 2.42 bits per heavy atom. The van der Waals surface area contributed by atoms with Gasteiger partial charge in [0, 0.05) is 0 Å². The van der Waals surface area contributed by atoms with Gasteiger partial charge in [0.15, 0.2) is 6.10 Å². The number of nitrogens with one attached hydrogen (secondary N) is 1. The highest BCUT2D eigenvalue weighted by Crippen LogP contribution is 2.34. The number of anilines is 1. The molecule has 1 atom stereocenters. The largest absolute Gasteiger partial charge is 0.479 e. The number of halogens is 5. The van der Waals surface area contributed by atoms with Gasteiger partial charge in [-0.15, -0.1) is 0 Å². The molecule has 1 N–H and O–H groups in total. The average molecular weight is 378 g/mol. The molecule has 1 unspecified atom stereocenters. The summed E-state index contributed by atoms with van der Waals surface area (Å²) in [5.41, 5.74) is -1.06. The van der Waals surface area contributed by atoms with Crippen LogP contribution in [0.25, 0.3) is 0 Å². The molecule has 0 radical (unpaired) electrons. The van der Waals surface area contributed by atoms with E-state index in [1.165, 1.54) is 6.92 Å². The highest BCUT2D eigenvalue weighted by molar-refractivity contribution is 6.33. The zero-order chi connectivity index (χ0) is 17.9. The van der Waals surface area contributed by atoms with E-state index in [1.807, 2.05) is 0 Å². The van der Waals surface area contributed by atoms with Crippen LogP contribution in [-0.2, 0) is 11.0 Å². The van der Waals surface area contributed by atoms with Gasteiger partial charge in [-0.2, -0.15) is 13.2 Å². The number of hydrogen-bond acceptors (Lipinski definition) is 2. The first kappa shape index (κ1) is 18.4. The van der Waals surface area contributed by atoms with Crippen molar-refractivity contribution < 1.29 is 22.7 Å². The lowest BCUT2D eigenvalue weighted by Gasteiger charge is -2.17. The smallest absolute Gasteiger partial charge is 0.416 e. The van der Waals surface area contributed by atoms with Crippen LogP contribution < -0.4 is 10.1 Å². The summed E-state index contributed by atoms with van der Waals surface area (Å²) < 4.78 is 43.6. The summed E-state index contributed by atoms with van der Waals surface area (Å²) in [4.78, 5) is 12.1. The summed E-state index contributed by atoms with van der Waals surface area (Å²) in [7, 11) is 0. The van der Waals surface area contributed by atoms with Crippen molar-refractivity contribution in [3.8, 4) is 5.75 Å². The number of carbonyl (C=O) groups is 1. The van der Waals surface area contributed by atoms with Crippen LogP contribution in [0.2, 0.25) is 10.0 Å². The molecule has 0 saturated carbocycles. The second-order valence-corrected chi connectivity index (χ2v) is 5.69. The zero-order valence-corrected chi connectivity index (χ0v) is 13.8. The first-order valence-electron chi connectivity index (χ1n) is 6.77. The third-order valence-corrected chi connectivity index (χ3v) is 3.70. The van der Waals surface area contributed by atoms with Crippen LogP contribution in [0.4, 0.5) is 18.9 Å². The highest BCUT2D eigenvalue weighted by atomic mass is 35.5. The van der Waals surface area contributed by atoms with Gasteiger partial charge in [0.25, 0.3) is 5.91 Å². The van der Waals surface area contributed by atoms with Crippen molar-refractivity contribution in [3.05, 3.63) is 58.1 Å². The van der Waals surface area contributed by atoms with Crippen LogP contribution >= 0.6 is 23.2 Å². The van der Waals surface area contributed by atoms with Crippen molar-refractivity contribution in [2.75, 3.05) is 5.32 Å². The van der Waals surface area contributed by atoms with E-state index in [0.717, 1.165) is 18.2 Å². The minimum atomic E-state index is -4.54. The first-order chi connectivity index (χ1) is 11.2. The van der Waals surface area contributed by atoms with Crippen molar-refractivity contribution in [1.82, 2.24) is 0 Å². The van der Waals surface area contributed by atoms with E-state index in [2.05, 4.69) is 5.32 Å². The molecule has 0 aliphatic carbocycles. The Kier molecular flexibility index (Phi) is 5.62. The van der Waals surface area contributed by atoms with Gasteiger partial charge in [-0.05, 0) is 37.3 Å². The maximum atomic E-state index is 12.7. The van der Waals surface area contributed by atoms with E-state index in [0.29, 0.717) is 5.02 Å². The fourth-order valence-electron chi connectivity index (χ4n) is 1.82. The Hall–Kier alpha value is -1.92. The molecule has 1 amide bonds. The minimum absolute atomic E-state index is 0.0127. The highest BCUT2D eigenvalue weighted by Gasteiger charge is 2.31. The monoisotopic (exact) mass is 377 g/mol. The lowest BCUT2D eigenvalue weighted by Crippen LogP contribution is -2.30. The minimum Gasteiger partial charge on any atom is -0.479 e. The molecule has 8 heteroatoms. The summed E-state index contributed by atoms with van der Waals surface area (Å²) in [5.74, 6) is -0.367. The summed E-state index contributed by atoms with van der Waals surface area (Å²) >= 11 is 11.8. The first-order valence-corrected chi connectivity index (χ1v) is 7.53. The van der Waals surface area contributed by atoms with Crippen molar-refractivity contribution in [3.63, 3.8) is 0 Å². The molecule has 0 spiro atoms. The molecule has 0 aliphatic heterocycles. The maximum absolute atomic E-state index is 12.7. The fraction of sp³-hybridized carbons (Fsp3) is 0.188. The van der Waals surface area contributed by atoms with Crippen LogP contribution in [0.1, 0.15) is 12.5 Å². The Morgan fingerprint density at radius 2 is 1.79 bits per heavy atom. The van der Waals surface area contributed by atoms with Crippen molar-refractivity contribution in [2.24, 2.45) is 0 Å². The Labute approximate surface area is 146 Å². The summed E-state index contributed by atoms with van der Waals surface area (Å²) in [6.07, 6.45) is -5.53. The Bertz CT molecular complexity index is 750.